The fourth-order valence-corrected chi connectivity index (χ4v) is 3.52. The third-order valence-electron chi connectivity index (χ3n) is 3.87. The van der Waals surface area contributed by atoms with Crippen LogP contribution in [0.3, 0.4) is 0 Å². The van der Waals surface area contributed by atoms with Gasteiger partial charge in [0.15, 0.2) is 5.82 Å². The van der Waals surface area contributed by atoms with Gasteiger partial charge in [0.1, 0.15) is 5.82 Å². The third kappa shape index (κ3) is 3.50. The lowest BCUT2D eigenvalue weighted by atomic mass is 10.0. The number of benzene rings is 1. The Labute approximate surface area is 132 Å². The number of sulfonamides is 1. The molecule has 2 heterocycles. The molecular weight excluding hydrogens is 325 g/mol. The number of aromatic nitrogens is 2. The molecule has 0 spiro atoms. The second-order valence-electron chi connectivity index (χ2n) is 5.72. The molecule has 9 heteroatoms. The van der Waals surface area contributed by atoms with Gasteiger partial charge in [-0.3, -0.25) is 9.09 Å². The maximum atomic E-state index is 12.9. The van der Waals surface area contributed by atoms with E-state index in [2.05, 4.69) is 5.16 Å². The molecule has 124 valence electrons. The molecule has 0 amide bonds. The average Bonchev–Trinajstić information content (AvgIpc) is 2.75. The van der Waals surface area contributed by atoms with E-state index in [-0.39, 0.29) is 11.7 Å². The van der Waals surface area contributed by atoms with Crippen LogP contribution in [0.2, 0.25) is 0 Å². The summed E-state index contributed by atoms with van der Waals surface area (Å²) >= 11 is 0. The highest BCUT2D eigenvalue weighted by Crippen LogP contribution is 2.20. The fraction of sp³-hybridized carbons (Fsp3) is 0.429. The highest BCUT2D eigenvalue weighted by Gasteiger charge is 2.34. The predicted octanol–water partition coefficient (Wildman–Crippen LogP) is 0.458. The Morgan fingerprint density at radius 3 is 2.57 bits per heavy atom. The Bertz CT molecular complexity index is 851. The molecule has 0 saturated carbocycles. The Balaban J connectivity index is 1.70. The molecule has 0 atom stereocenters. The average molecular weight is 341 g/mol. The zero-order valence-electron chi connectivity index (χ0n) is 12.5. The van der Waals surface area contributed by atoms with Crippen molar-refractivity contribution >= 4 is 10.0 Å². The minimum Gasteiger partial charge on any atom is -0.296 e. The van der Waals surface area contributed by atoms with Crippen molar-refractivity contribution in [2.24, 2.45) is 5.92 Å². The van der Waals surface area contributed by atoms with Crippen molar-refractivity contribution in [2.75, 3.05) is 19.3 Å². The van der Waals surface area contributed by atoms with Crippen molar-refractivity contribution in [3.63, 3.8) is 0 Å². The van der Waals surface area contributed by atoms with E-state index in [1.807, 2.05) is 0 Å². The summed E-state index contributed by atoms with van der Waals surface area (Å²) in [5.41, 5.74) is 0.805. The fourth-order valence-electron chi connectivity index (χ4n) is 2.56. The molecule has 1 aliphatic heterocycles. The van der Waals surface area contributed by atoms with E-state index in [4.69, 9.17) is 4.52 Å². The Morgan fingerprint density at radius 1 is 1.30 bits per heavy atom. The summed E-state index contributed by atoms with van der Waals surface area (Å²) in [6, 6.07) is 5.92. The van der Waals surface area contributed by atoms with Crippen LogP contribution in [0.15, 0.2) is 33.6 Å². The van der Waals surface area contributed by atoms with Gasteiger partial charge in [0.25, 0.3) is 0 Å². The Hall–Kier alpha value is -2.00. The van der Waals surface area contributed by atoms with Gasteiger partial charge in [-0.25, -0.2) is 21.9 Å². The van der Waals surface area contributed by atoms with E-state index in [0.29, 0.717) is 31.9 Å². The van der Waals surface area contributed by atoms with Crippen molar-refractivity contribution in [3.05, 3.63) is 52.0 Å². The van der Waals surface area contributed by atoms with Gasteiger partial charge in [0.05, 0.1) is 6.26 Å². The van der Waals surface area contributed by atoms with Gasteiger partial charge >= 0.3 is 5.76 Å². The molecule has 3 rings (SSSR count). The van der Waals surface area contributed by atoms with Crippen molar-refractivity contribution < 1.29 is 17.3 Å². The smallest absolute Gasteiger partial charge is 0.296 e. The Kier molecular flexibility index (Phi) is 4.07. The van der Waals surface area contributed by atoms with Crippen LogP contribution in [0, 0.1) is 11.7 Å². The van der Waals surface area contributed by atoms with E-state index in [0.717, 1.165) is 11.8 Å². The van der Waals surface area contributed by atoms with Crippen LogP contribution in [0.5, 0.6) is 0 Å². The SMILES string of the molecule is CS(=O)(=O)N1CC(Cn2c(Cc3ccc(F)cc3)noc2=O)C1. The maximum absolute atomic E-state index is 12.9. The lowest BCUT2D eigenvalue weighted by Crippen LogP contribution is -2.51. The topological polar surface area (TPSA) is 85.4 Å². The monoisotopic (exact) mass is 341 g/mol. The first-order chi connectivity index (χ1) is 10.8. The summed E-state index contributed by atoms with van der Waals surface area (Å²) in [6.07, 6.45) is 1.50. The second kappa shape index (κ2) is 5.89. The molecule has 2 aromatic rings. The molecule has 0 radical (unpaired) electrons. The van der Waals surface area contributed by atoms with Gasteiger partial charge < -0.3 is 0 Å². The summed E-state index contributed by atoms with van der Waals surface area (Å²) in [6.45, 7) is 1.11. The molecule has 0 aliphatic carbocycles. The van der Waals surface area contributed by atoms with Crippen LogP contribution in [-0.4, -0.2) is 41.8 Å². The van der Waals surface area contributed by atoms with Crippen molar-refractivity contribution in [1.29, 1.82) is 0 Å². The summed E-state index contributed by atoms with van der Waals surface area (Å²) in [5, 5.41) is 3.76. The highest BCUT2D eigenvalue weighted by molar-refractivity contribution is 7.88. The van der Waals surface area contributed by atoms with Crippen molar-refractivity contribution in [3.8, 4) is 0 Å². The zero-order chi connectivity index (χ0) is 16.6. The lowest BCUT2D eigenvalue weighted by molar-refractivity contribution is 0.176. The normalized spacial score (nSPS) is 16.4. The molecular formula is C14H16FN3O4S. The molecule has 23 heavy (non-hydrogen) atoms. The van der Waals surface area contributed by atoms with Crippen LogP contribution in [-0.2, 0) is 23.0 Å². The molecule has 0 N–H and O–H groups in total. The van der Waals surface area contributed by atoms with Crippen LogP contribution >= 0.6 is 0 Å². The summed E-state index contributed by atoms with van der Waals surface area (Å²) < 4.78 is 43.1. The van der Waals surface area contributed by atoms with Gasteiger partial charge in [0, 0.05) is 32.0 Å². The van der Waals surface area contributed by atoms with E-state index in [9.17, 15) is 17.6 Å². The van der Waals surface area contributed by atoms with Crippen LogP contribution in [0.4, 0.5) is 4.39 Å². The van der Waals surface area contributed by atoms with Gasteiger partial charge in [0.2, 0.25) is 10.0 Å². The van der Waals surface area contributed by atoms with Crippen molar-refractivity contribution in [1.82, 2.24) is 14.0 Å². The van der Waals surface area contributed by atoms with E-state index >= 15 is 0 Å². The molecule has 1 aromatic heterocycles. The zero-order valence-corrected chi connectivity index (χ0v) is 13.3. The van der Waals surface area contributed by atoms with Crippen molar-refractivity contribution in [2.45, 2.75) is 13.0 Å². The number of halogens is 1. The molecule has 1 fully saturated rings. The molecule has 7 nitrogen and oxygen atoms in total. The van der Waals surface area contributed by atoms with Crippen LogP contribution in [0.25, 0.3) is 0 Å². The standard InChI is InChI=1S/C14H16FN3O4S/c1-23(20,21)17-7-11(8-17)9-18-13(16-22-14(18)19)6-10-2-4-12(15)5-3-10/h2-5,11H,6-9H2,1H3. The van der Waals surface area contributed by atoms with Gasteiger partial charge in [-0.2, -0.15) is 0 Å². The number of hydrogen-bond donors (Lipinski definition) is 0. The molecule has 1 aromatic carbocycles. The molecule has 1 aliphatic rings. The minimum absolute atomic E-state index is 0.0498. The first-order valence-corrected chi connectivity index (χ1v) is 8.92. The number of nitrogens with zero attached hydrogens (tertiary/aromatic N) is 3. The lowest BCUT2D eigenvalue weighted by Gasteiger charge is -2.37. The first kappa shape index (κ1) is 15.9. The molecule has 0 unspecified atom stereocenters. The Morgan fingerprint density at radius 2 is 1.96 bits per heavy atom. The largest absolute Gasteiger partial charge is 0.441 e. The van der Waals surface area contributed by atoms with Gasteiger partial charge in [-0.1, -0.05) is 17.3 Å². The summed E-state index contributed by atoms with van der Waals surface area (Å²) in [4.78, 5) is 11.8. The van der Waals surface area contributed by atoms with Gasteiger partial charge in [-0.05, 0) is 17.7 Å². The molecule has 0 bridgehead atoms. The number of hydrogen-bond acceptors (Lipinski definition) is 5. The van der Waals surface area contributed by atoms with E-state index in [1.165, 1.54) is 21.0 Å². The van der Waals surface area contributed by atoms with E-state index < -0.39 is 15.8 Å². The highest BCUT2D eigenvalue weighted by atomic mass is 32.2. The maximum Gasteiger partial charge on any atom is 0.441 e. The number of rotatable bonds is 5. The minimum atomic E-state index is -3.18. The first-order valence-electron chi connectivity index (χ1n) is 7.08. The summed E-state index contributed by atoms with van der Waals surface area (Å²) in [5.74, 6) is -0.408. The molecule has 1 saturated heterocycles. The summed E-state index contributed by atoms with van der Waals surface area (Å²) in [7, 11) is -3.18. The van der Waals surface area contributed by atoms with Crippen LogP contribution in [0.1, 0.15) is 11.4 Å². The van der Waals surface area contributed by atoms with Gasteiger partial charge in [-0.15, -0.1) is 0 Å². The van der Waals surface area contributed by atoms with Crippen LogP contribution < -0.4 is 5.76 Å². The van der Waals surface area contributed by atoms with E-state index in [1.54, 1.807) is 12.1 Å². The predicted molar refractivity (Wildman–Crippen MR) is 79.9 cm³/mol. The third-order valence-corrected chi connectivity index (χ3v) is 5.11. The second-order valence-corrected chi connectivity index (χ2v) is 7.71. The quantitative estimate of drug-likeness (QED) is 0.789.